The Morgan fingerprint density at radius 3 is 3.17 bits per heavy atom. The van der Waals surface area contributed by atoms with E-state index in [0.717, 1.165) is 0 Å². The molecule has 3 atom stereocenters. The normalized spacial score (nSPS) is 53.6. The first-order chi connectivity index (χ1) is 16.9. The van der Waals surface area contributed by atoms with Gasteiger partial charge >= 0.3 is 0 Å². The Morgan fingerprint density at radius 1 is 1.74 bits per heavy atom. The summed E-state index contributed by atoms with van der Waals surface area (Å²) in [6, 6.07) is -4.04. The smallest absolute Gasteiger partial charge is 0.254 e. The predicted octanol–water partition coefficient (Wildman–Crippen LogP) is 1.17. The average Bonchev–Trinajstić information content (AvgIpc) is 2.68. The molecular formula is C16H27N5O2. The van der Waals surface area contributed by atoms with Crippen LogP contribution in [0.3, 0.4) is 0 Å². The standard InChI is InChI=1S/C16H27N5O2/c1-9-5-6-10(7-12(9)22)19-14-11(13(17)23)8-18-15(20-14)21-16(2,3)4/h8-10,12,22H,5-7H2,1-4H3,(H2,17,23)(H2,18,19,20,21)/i1D3,2D3,5D2,6D2,7D2,8D,9D,10D,12D. The summed E-state index contributed by atoms with van der Waals surface area (Å²) in [5, 5.41) is 13.2. The zero-order chi connectivity index (χ0) is 31.2. The van der Waals surface area contributed by atoms with Gasteiger partial charge in [-0.15, -0.1) is 0 Å². The molecule has 0 spiro atoms. The van der Waals surface area contributed by atoms with Crippen molar-refractivity contribution >= 4 is 11.9 Å². The van der Waals surface area contributed by atoms with Gasteiger partial charge in [0.2, 0.25) is 5.95 Å². The summed E-state index contributed by atoms with van der Waals surface area (Å²) < 4.78 is 128. The van der Waals surface area contributed by atoms with Crippen LogP contribution in [-0.4, -0.2) is 38.6 Å². The van der Waals surface area contributed by atoms with Crippen LogP contribution in [0.4, 0.5) is 5.95 Å². The van der Waals surface area contributed by atoms with Gasteiger partial charge in [0.25, 0.3) is 5.91 Å². The SMILES string of the molecule is [2H]c1nc(NC(C)(C)C([2H])([2H])[2H])[nH]c(=NC2([2H])C([2H])([2H])C([2H])([2H])C([2H])(C([2H])([2H])[2H])C([2H])(O)C2([2H])[2H])c1C(N)=O. The highest BCUT2D eigenvalue weighted by atomic mass is 16.3. The lowest BCUT2D eigenvalue weighted by Crippen LogP contribution is -2.34. The third kappa shape index (κ3) is 4.79. The molecule has 7 heteroatoms. The van der Waals surface area contributed by atoms with Crippen LogP contribution in [0.5, 0.6) is 0 Å². The molecule has 0 bridgehead atoms. The van der Waals surface area contributed by atoms with Gasteiger partial charge in [-0.1, -0.05) is 6.85 Å². The van der Waals surface area contributed by atoms with Gasteiger partial charge in [-0.25, -0.2) is 4.98 Å². The Kier molecular flexibility index (Phi) is 1.71. The highest BCUT2D eigenvalue weighted by Crippen LogP contribution is 2.25. The van der Waals surface area contributed by atoms with Crippen LogP contribution in [0.2, 0.25) is 0 Å². The number of carbonyl (C=O) groups is 1. The minimum Gasteiger partial charge on any atom is -0.393 e. The minimum atomic E-state index is -4.38. The number of nitrogens with two attached hydrogens (primary N) is 1. The summed E-state index contributed by atoms with van der Waals surface area (Å²) in [5.41, 5.74) is 1.37. The van der Waals surface area contributed by atoms with E-state index < -0.39 is 85.4 Å². The molecule has 1 aromatic rings. The molecule has 5 N–H and O–H groups in total. The number of hydrogen-bond donors (Lipinski definition) is 4. The van der Waals surface area contributed by atoms with E-state index in [9.17, 15) is 9.90 Å². The van der Waals surface area contributed by atoms with Crippen molar-refractivity contribution in [2.75, 3.05) is 5.32 Å². The van der Waals surface area contributed by atoms with Crippen LogP contribution in [0.25, 0.3) is 0 Å². The molecule has 0 aliphatic heterocycles. The molecule has 1 saturated carbocycles. The zero-order valence-electron chi connectivity index (χ0n) is 28.3. The van der Waals surface area contributed by atoms with Crippen molar-refractivity contribution in [1.29, 1.82) is 0 Å². The van der Waals surface area contributed by atoms with Gasteiger partial charge in [0, 0.05) is 29.5 Å². The summed E-state index contributed by atoms with van der Waals surface area (Å²) in [6.07, 6.45) is -17.9. The molecule has 0 aromatic carbocycles. The molecule has 3 unspecified atom stereocenters. The highest BCUT2D eigenvalue weighted by molar-refractivity contribution is 5.92. The van der Waals surface area contributed by atoms with E-state index in [-0.39, 0.29) is 0 Å². The second-order valence-corrected chi connectivity index (χ2v) is 5.09. The molecule has 0 saturated heterocycles. The number of hydrogen-bond acceptors (Lipinski definition) is 5. The van der Waals surface area contributed by atoms with Gasteiger partial charge < -0.3 is 21.1 Å². The number of nitrogens with zero attached hydrogens (tertiary/aromatic N) is 2. The molecule has 1 aromatic heterocycles. The van der Waals surface area contributed by atoms with Gasteiger partial charge in [0.05, 0.1) is 21.8 Å². The van der Waals surface area contributed by atoms with Crippen molar-refractivity contribution in [3.05, 3.63) is 17.2 Å². The number of amides is 1. The number of H-pyrrole nitrogens is 1. The number of primary amides is 1. The third-order valence-corrected chi connectivity index (χ3v) is 2.43. The number of aliphatic hydroxyl groups is 1. The van der Waals surface area contributed by atoms with E-state index in [0.29, 0.717) is 0 Å². The Bertz CT molecular complexity index is 1200. The fraction of sp³-hybridized carbons (Fsp3) is 0.688. The largest absolute Gasteiger partial charge is 0.393 e. The first kappa shape index (κ1) is 5.88. The van der Waals surface area contributed by atoms with Gasteiger partial charge in [-0.2, -0.15) is 0 Å². The second-order valence-electron chi connectivity index (χ2n) is 5.09. The van der Waals surface area contributed by atoms with Crippen molar-refractivity contribution < 1.29 is 31.8 Å². The lowest BCUT2D eigenvalue weighted by molar-refractivity contribution is 0.0704. The fourth-order valence-corrected chi connectivity index (χ4v) is 1.53. The molecule has 1 heterocycles. The molecule has 2 rings (SSSR count). The molecule has 1 fully saturated rings. The first-order valence-corrected chi connectivity index (χ1v) is 6.36. The molecule has 7 nitrogen and oxygen atoms in total. The van der Waals surface area contributed by atoms with Gasteiger partial charge in [-0.05, 0) is 45.7 Å². The molecule has 128 valence electrons. The van der Waals surface area contributed by atoms with Crippen LogP contribution < -0.4 is 16.5 Å². The Balaban J connectivity index is 3.08. The second kappa shape index (κ2) is 6.70. The Morgan fingerprint density at radius 2 is 2.52 bits per heavy atom. The molecule has 1 aliphatic carbocycles. The molecule has 23 heavy (non-hydrogen) atoms. The number of anilines is 1. The molecule has 1 amide bonds. The van der Waals surface area contributed by atoms with E-state index in [1.807, 2.05) is 0 Å². The summed E-state index contributed by atoms with van der Waals surface area (Å²) in [6.45, 7) is -4.31. The number of aromatic amines is 1. The van der Waals surface area contributed by atoms with Crippen LogP contribution in [0.15, 0.2) is 11.2 Å². The summed E-state index contributed by atoms with van der Waals surface area (Å²) in [5.74, 6) is -6.32. The summed E-state index contributed by atoms with van der Waals surface area (Å²) in [7, 11) is 0. The minimum absolute atomic E-state index is 0.619. The predicted molar refractivity (Wildman–Crippen MR) is 88.9 cm³/mol. The van der Waals surface area contributed by atoms with Crippen LogP contribution >= 0.6 is 0 Å². The topological polar surface area (TPSA) is 116 Å². The molecule has 1 aliphatic rings. The average molecular weight is 338 g/mol. The van der Waals surface area contributed by atoms with Crippen molar-refractivity contribution in [3.8, 4) is 0 Å². The Labute approximate surface area is 158 Å². The van der Waals surface area contributed by atoms with E-state index in [1.54, 1.807) is 0 Å². The van der Waals surface area contributed by atoms with Gasteiger partial charge in [0.1, 0.15) is 5.49 Å². The monoisotopic (exact) mass is 337 g/mol. The zero-order valence-corrected chi connectivity index (χ0v) is 12.3. The first-order valence-electron chi connectivity index (χ1n) is 14.4. The quantitative estimate of drug-likeness (QED) is 0.662. The summed E-state index contributed by atoms with van der Waals surface area (Å²) in [4.78, 5) is 21.4. The number of nitrogens with one attached hydrogen (secondary N) is 2. The highest BCUT2D eigenvalue weighted by Gasteiger charge is 2.26. The van der Waals surface area contributed by atoms with Crippen LogP contribution in [0, 0.1) is 5.89 Å². The van der Waals surface area contributed by atoms with Crippen molar-refractivity contribution in [2.45, 2.75) is 64.3 Å². The van der Waals surface area contributed by atoms with E-state index in [2.05, 4.69) is 20.3 Å². The van der Waals surface area contributed by atoms with E-state index in [1.165, 1.54) is 13.8 Å². The molecular weight excluding hydrogens is 294 g/mol. The van der Waals surface area contributed by atoms with Crippen LogP contribution in [0.1, 0.15) is 79.0 Å². The van der Waals surface area contributed by atoms with Crippen molar-refractivity contribution in [1.82, 2.24) is 9.97 Å². The summed E-state index contributed by atoms with van der Waals surface area (Å²) >= 11 is 0. The Hall–Kier alpha value is -1.89. The number of carbonyl (C=O) groups excluding carboxylic acids is 1. The van der Waals surface area contributed by atoms with Crippen LogP contribution in [-0.2, 0) is 0 Å². The van der Waals surface area contributed by atoms with E-state index in [4.69, 9.17) is 27.7 Å². The number of rotatable bonds is 3. The number of aromatic nitrogens is 2. The van der Waals surface area contributed by atoms with Crippen molar-refractivity contribution in [2.24, 2.45) is 16.6 Å². The maximum absolute atomic E-state index is 12.1. The lowest BCUT2D eigenvalue weighted by atomic mass is 9.85. The van der Waals surface area contributed by atoms with E-state index >= 15 is 0 Å². The maximum atomic E-state index is 12.1. The van der Waals surface area contributed by atoms with Crippen molar-refractivity contribution in [3.63, 3.8) is 0 Å². The lowest BCUT2D eigenvalue weighted by Gasteiger charge is -2.28. The molecule has 0 radical (unpaired) electrons. The van der Waals surface area contributed by atoms with Gasteiger partial charge in [-0.3, -0.25) is 9.79 Å². The fourth-order valence-electron chi connectivity index (χ4n) is 1.53. The van der Waals surface area contributed by atoms with Gasteiger partial charge in [0.15, 0.2) is 0 Å². The maximum Gasteiger partial charge on any atom is 0.254 e. The third-order valence-electron chi connectivity index (χ3n) is 2.43.